The minimum Gasteiger partial charge on any atom is -0.373 e. The first-order valence-electron chi connectivity index (χ1n) is 13.1. The van der Waals surface area contributed by atoms with Gasteiger partial charge in [0.25, 0.3) is 5.91 Å². The molecule has 1 aromatic heterocycles. The SMILES string of the molecule is C[C@@H]1CN(C2CCN(C3CCc4c(c(C(=O)NCc5ccc(F)cc5)nn4C)C3)CC2)C[C@H](C)O1. The second-order valence-electron chi connectivity index (χ2n) is 10.6. The third-order valence-corrected chi connectivity index (χ3v) is 7.99. The zero-order valence-corrected chi connectivity index (χ0v) is 21.2. The number of nitrogens with one attached hydrogen (secondary N) is 1. The maximum Gasteiger partial charge on any atom is 0.272 e. The van der Waals surface area contributed by atoms with Gasteiger partial charge in [-0.05, 0) is 76.7 Å². The van der Waals surface area contributed by atoms with Gasteiger partial charge < -0.3 is 10.1 Å². The van der Waals surface area contributed by atoms with Crippen LogP contribution < -0.4 is 5.32 Å². The van der Waals surface area contributed by atoms with Crippen molar-refractivity contribution in [1.82, 2.24) is 24.9 Å². The van der Waals surface area contributed by atoms with Crippen LogP contribution in [0.15, 0.2) is 24.3 Å². The van der Waals surface area contributed by atoms with E-state index in [-0.39, 0.29) is 11.7 Å². The Labute approximate surface area is 207 Å². The molecular weight excluding hydrogens is 445 g/mol. The lowest BCUT2D eigenvalue weighted by Gasteiger charge is -2.45. The van der Waals surface area contributed by atoms with Crippen LogP contribution in [0.5, 0.6) is 0 Å². The number of carbonyl (C=O) groups excluding carboxylic acids is 1. The predicted octanol–water partition coefficient (Wildman–Crippen LogP) is 2.92. The number of hydrogen-bond donors (Lipinski definition) is 1. The van der Waals surface area contributed by atoms with Crippen molar-refractivity contribution in [2.75, 3.05) is 26.2 Å². The van der Waals surface area contributed by atoms with Crippen LogP contribution >= 0.6 is 0 Å². The quantitative estimate of drug-likeness (QED) is 0.709. The Bertz CT molecular complexity index is 1020. The van der Waals surface area contributed by atoms with Crippen molar-refractivity contribution in [2.24, 2.45) is 7.05 Å². The van der Waals surface area contributed by atoms with Gasteiger partial charge >= 0.3 is 0 Å². The van der Waals surface area contributed by atoms with Gasteiger partial charge in [-0.25, -0.2) is 4.39 Å². The molecule has 7 nitrogen and oxygen atoms in total. The molecule has 3 atom stereocenters. The summed E-state index contributed by atoms with van der Waals surface area (Å²) in [5.74, 6) is -0.427. The zero-order chi connectivity index (χ0) is 24.5. The van der Waals surface area contributed by atoms with E-state index in [0.29, 0.717) is 36.5 Å². The van der Waals surface area contributed by atoms with E-state index in [4.69, 9.17) is 4.74 Å². The summed E-state index contributed by atoms with van der Waals surface area (Å²) in [6.45, 7) is 9.01. The molecule has 1 unspecified atom stereocenters. The molecule has 3 heterocycles. The van der Waals surface area contributed by atoms with Gasteiger partial charge in [-0.3, -0.25) is 19.3 Å². The van der Waals surface area contributed by atoms with E-state index >= 15 is 0 Å². The zero-order valence-electron chi connectivity index (χ0n) is 21.2. The molecule has 2 saturated heterocycles. The number of benzene rings is 1. The molecule has 8 heteroatoms. The lowest BCUT2D eigenvalue weighted by molar-refractivity contribution is -0.0875. The molecule has 0 spiro atoms. The standard InChI is InChI=1S/C27H38FN5O2/c1-18-16-33(17-19(2)35-18)22-10-12-32(13-11-22)23-8-9-25-24(14-23)26(30-31(25)3)27(34)29-15-20-4-6-21(28)7-5-20/h4-7,18-19,22-23H,8-17H2,1-3H3,(H,29,34)/t18-,19+,23?. The maximum absolute atomic E-state index is 13.2. The van der Waals surface area contributed by atoms with Crippen LogP contribution in [0.3, 0.4) is 0 Å². The second-order valence-corrected chi connectivity index (χ2v) is 10.6. The third kappa shape index (κ3) is 5.44. The molecular formula is C27H38FN5O2. The van der Waals surface area contributed by atoms with Gasteiger partial charge in [-0.15, -0.1) is 0 Å². The summed E-state index contributed by atoms with van der Waals surface area (Å²) in [6, 6.07) is 7.32. The van der Waals surface area contributed by atoms with E-state index in [0.717, 1.165) is 56.6 Å². The van der Waals surface area contributed by atoms with Crippen LogP contribution in [-0.2, 0) is 31.2 Å². The number of halogens is 1. The minimum absolute atomic E-state index is 0.152. The van der Waals surface area contributed by atoms with Crippen LogP contribution in [-0.4, -0.2) is 76.0 Å². The molecule has 5 rings (SSSR count). The van der Waals surface area contributed by atoms with Gasteiger partial charge in [0.15, 0.2) is 5.69 Å². The average Bonchev–Trinajstić information content (AvgIpc) is 3.19. The summed E-state index contributed by atoms with van der Waals surface area (Å²) in [5.41, 5.74) is 3.69. The van der Waals surface area contributed by atoms with Crippen molar-refractivity contribution >= 4 is 5.91 Å². The predicted molar refractivity (Wildman–Crippen MR) is 133 cm³/mol. The number of aryl methyl sites for hydroxylation is 1. The lowest BCUT2D eigenvalue weighted by Crippen LogP contribution is -2.54. The number of amides is 1. The van der Waals surface area contributed by atoms with Crippen LogP contribution in [0, 0.1) is 5.82 Å². The van der Waals surface area contributed by atoms with Crippen molar-refractivity contribution in [3.8, 4) is 0 Å². The summed E-state index contributed by atoms with van der Waals surface area (Å²) in [4.78, 5) is 18.3. The van der Waals surface area contributed by atoms with Crippen LogP contribution in [0.4, 0.5) is 4.39 Å². The Hall–Kier alpha value is -2.29. The number of ether oxygens (including phenoxy) is 1. The number of nitrogens with zero attached hydrogens (tertiary/aromatic N) is 4. The second kappa shape index (κ2) is 10.4. The van der Waals surface area contributed by atoms with E-state index in [1.54, 1.807) is 12.1 Å². The molecule has 35 heavy (non-hydrogen) atoms. The van der Waals surface area contributed by atoms with Crippen LogP contribution in [0.25, 0.3) is 0 Å². The summed E-state index contributed by atoms with van der Waals surface area (Å²) in [7, 11) is 1.94. The fraction of sp³-hybridized carbons (Fsp3) is 0.630. The summed E-state index contributed by atoms with van der Waals surface area (Å²) >= 11 is 0. The molecule has 0 bridgehead atoms. The van der Waals surface area contributed by atoms with Crippen molar-refractivity contribution in [3.63, 3.8) is 0 Å². The first-order chi connectivity index (χ1) is 16.9. The molecule has 1 amide bonds. The number of morpholine rings is 1. The molecule has 0 saturated carbocycles. The van der Waals surface area contributed by atoms with E-state index in [9.17, 15) is 9.18 Å². The smallest absolute Gasteiger partial charge is 0.272 e. The number of likely N-dealkylation sites (tertiary alicyclic amines) is 1. The van der Waals surface area contributed by atoms with Gasteiger partial charge in [0.1, 0.15) is 5.82 Å². The molecule has 1 aromatic carbocycles. The molecule has 1 N–H and O–H groups in total. The van der Waals surface area contributed by atoms with Gasteiger partial charge in [0.05, 0.1) is 12.2 Å². The van der Waals surface area contributed by atoms with Crippen LogP contribution in [0.1, 0.15) is 60.4 Å². The number of hydrogen-bond acceptors (Lipinski definition) is 5. The normalized spacial score (nSPS) is 26.5. The van der Waals surface area contributed by atoms with Crippen molar-refractivity contribution in [3.05, 3.63) is 52.6 Å². The van der Waals surface area contributed by atoms with Crippen molar-refractivity contribution in [2.45, 2.75) is 76.8 Å². The van der Waals surface area contributed by atoms with Gasteiger partial charge in [0.2, 0.25) is 0 Å². The molecule has 2 aliphatic heterocycles. The molecule has 0 radical (unpaired) electrons. The highest BCUT2D eigenvalue weighted by Crippen LogP contribution is 2.30. The highest BCUT2D eigenvalue weighted by atomic mass is 19.1. The molecule has 190 valence electrons. The third-order valence-electron chi connectivity index (χ3n) is 7.99. The summed E-state index contributed by atoms with van der Waals surface area (Å²) in [5, 5.41) is 7.57. The highest BCUT2D eigenvalue weighted by Gasteiger charge is 2.35. The Kier molecular flexibility index (Phi) is 7.23. The number of rotatable bonds is 5. The lowest BCUT2D eigenvalue weighted by atomic mass is 9.88. The molecule has 1 aliphatic carbocycles. The largest absolute Gasteiger partial charge is 0.373 e. The minimum atomic E-state index is -0.275. The maximum atomic E-state index is 13.2. The topological polar surface area (TPSA) is 62.6 Å². The van der Waals surface area contributed by atoms with Gasteiger partial charge in [-0.2, -0.15) is 5.10 Å². The van der Waals surface area contributed by atoms with E-state index < -0.39 is 0 Å². The average molecular weight is 484 g/mol. The monoisotopic (exact) mass is 483 g/mol. The van der Waals surface area contributed by atoms with Crippen molar-refractivity contribution < 1.29 is 13.9 Å². The first-order valence-corrected chi connectivity index (χ1v) is 13.1. The Morgan fingerprint density at radius 2 is 1.74 bits per heavy atom. The Morgan fingerprint density at radius 1 is 1.06 bits per heavy atom. The Balaban J connectivity index is 1.20. The molecule has 2 aromatic rings. The fourth-order valence-corrected chi connectivity index (χ4v) is 6.27. The fourth-order valence-electron chi connectivity index (χ4n) is 6.27. The van der Waals surface area contributed by atoms with E-state index in [2.05, 4.69) is 34.1 Å². The summed E-state index contributed by atoms with van der Waals surface area (Å²) < 4.78 is 21.0. The number of carbonyl (C=O) groups is 1. The van der Waals surface area contributed by atoms with E-state index in [1.165, 1.54) is 30.7 Å². The van der Waals surface area contributed by atoms with Gasteiger partial charge in [0, 0.05) is 50.0 Å². The number of piperidine rings is 1. The first kappa shape index (κ1) is 24.4. The Morgan fingerprint density at radius 3 is 2.43 bits per heavy atom. The van der Waals surface area contributed by atoms with Crippen molar-refractivity contribution in [1.29, 1.82) is 0 Å². The summed E-state index contributed by atoms with van der Waals surface area (Å²) in [6.07, 6.45) is 5.95. The highest BCUT2D eigenvalue weighted by molar-refractivity contribution is 5.94. The van der Waals surface area contributed by atoms with Gasteiger partial charge in [-0.1, -0.05) is 12.1 Å². The van der Waals surface area contributed by atoms with Crippen LogP contribution in [0.2, 0.25) is 0 Å². The van der Waals surface area contributed by atoms with E-state index in [1.807, 2.05) is 11.7 Å². The number of aromatic nitrogens is 2. The molecule has 3 aliphatic rings. The number of fused-ring (bicyclic) bond motifs is 1. The molecule has 2 fully saturated rings.